The lowest BCUT2D eigenvalue weighted by molar-refractivity contribution is -0.125. The van der Waals surface area contributed by atoms with Crippen molar-refractivity contribution in [1.29, 1.82) is 5.41 Å². The highest BCUT2D eigenvalue weighted by Crippen LogP contribution is 2.33. The average Bonchev–Trinajstić information content (AvgIpc) is 3.15. The summed E-state index contributed by atoms with van der Waals surface area (Å²) >= 11 is 1.54. The minimum atomic E-state index is 0.147. The van der Waals surface area contributed by atoms with Crippen molar-refractivity contribution in [3.05, 3.63) is 23.2 Å². The molecule has 9 nitrogen and oxygen atoms in total. The van der Waals surface area contributed by atoms with Gasteiger partial charge in [-0.05, 0) is 64.2 Å². The van der Waals surface area contributed by atoms with Crippen molar-refractivity contribution in [2.75, 3.05) is 31.3 Å². The Hall–Kier alpha value is -2.56. The minimum absolute atomic E-state index is 0.147. The summed E-state index contributed by atoms with van der Waals surface area (Å²) in [6, 6.07) is 2.85. The first kappa shape index (κ1) is 22.6. The number of carbonyl (C=O) groups excluding carboxylic acids is 1. The van der Waals surface area contributed by atoms with Crippen LogP contribution in [-0.4, -0.2) is 65.3 Å². The molecule has 4 heterocycles. The summed E-state index contributed by atoms with van der Waals surface area (Å²) in [6.07, 6.45) is 5.21. The Kier molecular flexibility index (Phi) is 6.73. The van der Waals surface area contributed by atoms with Gasteiger partial charge in [-0.2, -0.15) is 4.98 Å². The van der Waals surface area contributed by atoms with Crippen LogP contribution in [0.2, 0.25) is 0 Å². The molecule has 1 unspecified atom stereocenters. The Morgan fingerprint density at radius 3 is 2.69 bits per heavy atom. The molecule has 0 amide bonds. The molecule has 2 fully saturated rings. The maximum absolute atomic E-state index is 12.6. The normalized spacial score (nSPS) is 25.7. The van der Waals surface area contributed by atoms with Crippen LogP contribution in [0.4, 0.5) is 11.8 Å². The molecule has 2 aliphatic heterocycles. The summed E-state index contributed by atoms with van der Waals surface area (Å²) in [6.45, 7) is 2.26. The predicted octanol–water partition coefficient (Wildman–Crippen LogP) is 2.38. The quantitative estimate of drug-likeness (QED) is 0.317. The molecule has 2 saturated heterocycles. The van der Waals surface area contributed by atoms with E-state index in [1.165, 1.54) is 0 Å². The number of aromatic nitrogens is 2. The first-order valence-electron chi connectivity index (χ1n) is 11.0. The standard InChI is InChI=1S/C22H32N8OS/c1-12(23)6-19(24)28-21-20-17(4-5-32-20)27-22(29-21)26-16-9-14-7-13(8-15(10-16)25-14)18(31)11-30(2)3/h4-6,13-16,25H,7-11,23H2,1-3H3,(H3,24,26,27,28,29)/b12-6-/t13?,14-,15+,16-. The second kappa shape index (κ2) is 9.51. The molecule has 10 heteroatoms. The van der Waals surface area contributed by atoms with E-state index in [1.807, 2.05) is 30.4 Å². The van der Waals surface area contributed by atoms with E-state index in [9.17, 15) is 4.79 Å². The molecule has 4 rings (SSSR count). The van der Waals surface area contributed by atoms with Crippen LogP contribution in [0.3, 0.4) is 0 Å². The first-order valence-corrected chi connectivity index (χ1v) is 11.9. The number of nitrogens with zero attached hydrogens (tertiary/aromatic N) is 3. The van der Waals surface area contributed by atoms with Gasteiger partial charge in [0.1, 0.15) is 11.6 Å². The molecule has 6 N–H and O–H groups in total. The summed E-state index contributed by atoms with van der Waals surface area (Å²) in [5, 5.41) is 20.3. The van der Waals surface area contributed by atoms with E-state index in [1.54, 1.807) is 24.3 Å². The summed E-state index contributed by atoms with van der Waals surface area (Å²) in [4.78, 5) is 23.9. The van der Waals surface area contributed by atoms with E-state index in [2.05, 4.69) is 25.9 Å². The monoisotopic (exact) mass is 456 g/mol. The van der Waals surface area contributed by atoms with Crippen LogP contribution < -0.4 is 21.7 Å². The fourth-order valence-corrected chi connectivity index (χ4v) is 5.55. The Morgan fingerprint density at radius 2 is 2.03 bits per heavy atom. The number of hydrogen-bond donors (Lipinski definition) is 5. The van der Waals surface area contributed by atoms with Crippen LogP contribution in [-0.2, 0) is 4.79 Å². The summed E-state index contributed by atoms with van der Waals surface area (Å²) in [7, 11) is 3.89. The second-order valence-corrected chi connectivity index (χ2v) is 10.1. The number of allylic oxidation sites excluding steroid dienone is 1. The maximum atomic E-state index is 12.6. The van der Waals surface area contributed by atoms with Crippen LogP contribution >= 0.6 is 11.3 Å². The number of nitrogens with two attached hydrogens (primary N) is 1. The van der Waals surface area contributed by atoms with Gasteiger partial charge in [0.25, 0.3) is 0 Å². The number of likely N-dealkylation sites (N-methyl/N-ethyl adjacent to an activating group) is 1. The van der Waals surface area contributed by atoms with Gasteiger partial charge in [0.2, 0.25) is 5.95 Å². The number of ketones is 1. The minimum Gasteiger partial charge on any atom is -0.402 e. The lowest BCUT2D eigenvalue weighted by Gasteiger charge is -2.43. The summed E-state index contributed by atoms with van der Waals surface area (Å²) in [5.41, 5.74) is 7.10. The van der Waals surface area contributed by atoms with Gasteiger partial charge in [0.05, 0.1) is 16.8 Å². The highest BCUT2D eigenvalue weighted by molar-refractivity contribution is 7.17. The van der Waals surface area contributed by atoms with Gasteiger partial charge in [-0.15, -0.1) is 11.3 Å². The number of Topliss-reactive ketones (excluding diaryl/α,β-unsaturated/α-hetero) is 1. The van der Waals surface area contributed by atoms with Crippen LogP contribution in [0.5, 0.6) is 0 Å². The zero-order valence-corrected chi connectivity index (χ0v) is 19.6. The summed E-state index contributed by atoms with van der Waals surface area (Å²) in [5.74, 6) is 1.86. The van der Waals surface area contributed by atoms with E-state index >= 15 is 0 Å². The van der Waals surface area contributed by atoms with Crippen molar-refractivity contribution in [3.63, 3.8) is 0 Å². The third-order valence-corrected chi connectivity index (χ3v) is 6.85. The summed E-state index contributed by atoms with van der Waals surface area (Å²) < 4.78 is 0.910. The molecule has 0 saturated carbocycles. The molecule has 2 aromatic heterocycles. The fourth-order valence-electron chi connectivity index (χ4n) is 4.77. The zero-order chi connectivity index (χ0) is 22.8. The van der Waals surface area contributed by atoms with Gasteiger partial charge in [-0.3, -0.25) is 10.2 Å². The fraction of sp³-hybridized carbons (Fsp3) is 0.545. The second-order valence-electron chi connectivity index (χ2n) is 9.20. The Bertz CT molecular complexity index is 1010. The van der Waals surface area contributed by atoms with Gasteiger partial charge in [-0.1, -0.05) is 0 Å². The van der Waals surface area contributed by atoms with Crippen LogP contribution in [0.15, 0.2) is 23.2 Å². The van der Waals surface area contributed by atoms with E-state index in [0.717, 1.165) is 35.9 Å². The number of anilines is 2. The first-order chi connectivity index (χ1) is 15.3. The van der Waals surface area contributed by atoms with E-state index in [-0.39, 0.29) is 17.8 Å². The highest BCUT2D eigenvalue weighted by Gasteiger charge is 2.38. The molecular formula is C22H32N8OS. The van der Waals surface area contributed by atoms with Crippen molar-refractivity contribution in [2.24, 2.45) is 11.7 Å². The third kappa shape index (κ3) is 5.43. The molecular weight excluding hydrogens is 424 g/mol. The molecule has 32 heavy (non-hydrogen) atoms. The number of fused-ring (bicyclic) bond motifs is 3. The Labute approximate surface area is 192 Å². The zero-order valence-electron chi connectivity index (χ0n) is 18.8. The van der Waals surface area contributed by atoms with Crippen molar-refractivity contribution in [1.82, 2.24) is 20.2 Å². The average molecular weight is 457 g/mol. The smallest absolute Gasteiger partial charge is 0.225 e. The van der Waals surface area contributed by atoms with Crippen molar-refractivity contribution in [2.45, 2.75) is 50.7 Å². The maximum Gasteiger partial charge on any atom is 0.225 e. The Morgan fingerprint density at radius 1 is 1.31 bits per heavy atom. The van der Waals surface area contributed by atoms with E-state index in [4.69, 9.17) is 11.1 Å². The molecule has 0 aliphatic carbocycles. The highest BCUT2D eigenvalue weighted by atomic mass is 32.1. The van der Waals surface area contributed by atoms with Gasteiger partial charge in [0, 0.05) is 29.7 Å². The SMILES string of the molecule is C/C(N)=C/C(=N)Nc1nc(N[C@@H]2C[C@H]3CC(C(=O)CN(C)C)C[C@@H](C2)N3)nc2ccsc12. The molecule has 2 bridgehead atoms. The molecule has 0 spiro atoms. The van der Waals surface area contributed by atoms with Crippen LogP contribution in [0.25, 0.3) is 10.2 Å². The van der Waals surface area contributed by atoms with Gasteiger partial charge in [-0.25, -0.2) is 4.98 Å². The molecule has 0 radical (unpaired) electrons. The predicted molar refractivity (Wildman–Crippen MR) is 130 cm³/mol. The molecule has 0 aromatic carbocycles. The topological polar surface area (TPSA) is 132 Å². The van der Waals surface area contributed by atoms with Crippen LogP contribution in [0, 0.1) is 11.3 Å². The lowest BCUT2D eigenvalue weighted by atomic mass is 9.76. The van der Waals surface area contributed by atoms with E-state index in [0.29, 0.717) is 41.9 Å². The number of carbonyl (C=O) groups is 1. The molecule has 172 valence electrons. The van der Waals surface area contributed by atoms with Crippen molar-refractivity contribution >= 4 is 44.9 Å². The lowest BCUT2D eigenvalue weighted by Crippen LogP contribution is -2.55. The number of thiophene rings is 1. The van der Waals surface area contributed by atoms with Crippen molar-refractivity contribution < 1.29 is 4.79 Å². The molecule has 2 aromatic rings. The number of hydrogen-bond acceptors (Lipinski definition) is 9. The number of nitrogens with one attached hydrogen (secondary N) is 4. The Balaban J connectivity index is 1.45. The third-order valence-electron chi connectivity index (χ3n) is 5.94. The van der Waals surface area contributed by atoms with Crippen molar-refractivity contribution in [3.8, 4) is 0 Å². The molecule has 4 atom stereocenters. The van der Waals surface area contributed by atoms with E-state index < -0.39 is 0 Å². The molecule has 2 aliphatic rings. The van der Waals surface area contributed by atoms with Crippen LogP contribution in [0.1, 0.15) is 32.6 Å². The number of piperidine rings is 2. The van der Waals surface area contributed by atoms with Gasteiger partial charge in [0.15, 0.2) is 5.82 Å². The van der Waals surface area contributed by atoms with Gasteiger partial charge >= 0.3 is 0 Å². The number of rotatable bonds is 7. The number of amidine groups is 1. The largest absolute Gasteiger partial charge is 0.402 e. The van der Waals surface area contributed by atoms with Gasteiger partial charge < -0.3 is 26.6 Å².